The summed E-state index contributed by atoms with van der Waals surface area (Å²) < 4.78 is 0. The van der Waals surface area contributed by atoms with Gasteiger partial charge in [-0.2, -0.15) is 0 Å². The molecule has 2 heteroatoms. The van der Waals surface area contributed by atoms with Crippen molar-refractivity contribution < 1.29 is 0 Å². The van der Waals surface area contributed by atoms with Crippen LogP contribution in [0.4, 0.5) is 0 Å². The molecule has 2 saturated carbocycles. The molecule has 0 unspecified atom stereocenters. The van der Waals surface area contributed by atoms with E-state index in [1.54, 1.807) is 0 Å². The number of nitrogens with zero attached hydrogens (tertiary/aromatic N) is 1. The van der Waals surface area contributed by atoms with Crippen molar-refractivity contribution in [2.45, 2.75) is 76.3 Å². The third-order valence-electron chi connectivity index (χ3n) is 4.27. The largest absolute Gasteiger partial charge is 0.301 e. The average molecular weight is 222 g/mol. The van der Waals surface area contributed by atoms with Gasteiger partial charge in [-0.3, -0.25) is 0 Å². The van der Waals surface area contributed by atoms with Gasteiger partial charge < -0.3 is 4.90 Å². The van der Waals surface area contributed by atoms with E-state index in [0.29, 0.717) is 0 Å². The van der Waals surface area contributed by atoms with Crippen molar-refractivity contribution in [1.29, 1.82) is 0 Å². The van der Waals surface area contributed by atoms with Gasteiger partial charge in [0, 0.05) is 22.3 Å². The van der Waals surface area contributed by atoms with Crippen LogP contribution in [0.5, 0.6) is 0 Å². The van der Waals surface area contributed by atoms with E-state index >= 15 is 0 Å². The van der Waals surface area contributed by atoms with E-state index in [4.69, 9.17) is 0 Å². The quantitative estimate of drug-likeness (QED) is 0.663. The molecule has 0 amide bonds. The van der Waals surface area contributed by atoms with Crippen molar-refractivity contribution in [3.05, 3.63) is 0 Å². The first-order chi connectivity index (χ1) is 7.42. The molecule has 2 aliphatic carbocycles. The fraction of sp³-hybridized carbons (Fsp3) is 1.00. The zero-order valence-electron chi connectivity index (χ0n) is 9.88. The van der Waals surface area contributed by atoms with E-state index in [-0.39, 0.29) is 0 Å². The lowest BCUT2D eigenvalue weighted by molar-refractivity contribution is 0.102. The third-order valence-corrected chi connectivity index (χ3v) is 4.64. The number of hydrogen-bond acceptors (Lipinski definition) is 1. The molecule has 2 aliphatic rings. The molecule has 0 aromatic heterocycles. The molecule has 0 heterocycles. The monoisotopic (exact) mass is 222 g/mol. The molecule has 2 fully saturated rings. The normalized spacial score (nSPS) is 26.0. The Morgan fingerprint density at radius 2 is 1.13 bits per heavy atom. The first-order valence-corrected chi connectivity index (χ1v) is 7.53. The predicted octanol–water partition coefficient (Wildman–Crippen LogP) is 3.08. The summed E-state index contributed by atoms with van der Waals surface area (Å²) in [4.78, 5) is 2.76. The molecule has 0 aromatic carbocycles. The maximum Gasteiger partial charge on any atom is 0.0432 e. The Bertz CT molecular complexity index is 153. The Hall–Kier alpha value is 0.177. The Morgan fingerprint density at radius 1 is 0.733 bits per heavy atom. The standard InChI is InChI=1S/C13H24NSi/c15-11-14(12-7-3-1-4-8-12)13-9-5-2-6-10-13/h12-13H,1-11H2. The molecule has 3 radical (unpaired) electrons. The molecule has 0 atom stereocenters. The summed E-state index contributed by atoms with van der Waals surface area (Å²) in [6, 6.07) is 1.78. The fourth-order valence-electron chi connectivity index (χ4n) is 3.38. The van der Waals surface area contributed by atoms with Gasteiger partial charge in [0.15, 0.2) is 0 Å². The summed E-state index contributed by atoms with van der Waals surface area (Å²) in [5, 5.41) is 0. The van der Waals surface area contributed by atoms with Crippen molar-refractivity contribution in [2.75, 3.05) is 6.17 Å². The van der Waals surface area contributed by atoms with E-state index in [2.05, 4.69) is 15.1 Å². The van der Waals surface area contributed by atoms with Gasteiger partial charge in [0.05, 0.1) is 0 Å². The maximum atomic E-state index is 3.76. The zero-order valence-corrected chi connectivity index (χ0v) is 10.9. The second kappa shape index (κ2) is 6.05. The first-order valence-electron chi connectivity index (χ1n) is 6.82. The molecule has 0 aliphatic heterocycles. The van der Waals surface area contributed by atoms with Crippen LogP contribution in [-0.2, 0) is 0 Å². The third kappa shape index (κ3) is 3.07. The van der Waals surface area contributed by atoms with Gasteiger partial charge in [-0.25, -0.2) is 0 Å². The Kier molecular flexibility index (Phi) is 4.70. The zero-order chi connectivity index (χ0) is 10.5. The smallest absolute Gasteiger partial charge is 0.0432 e. The highest BCUT2D eigenvalue weighted by atomic mass is 28.1. The summed E-state index contributed by atoms with van der Waals surface area (Å²) >= 11 is 0. The fourth-order valence-corrected chi connectivity index (χ4v) is 3.90. The van der Waals surface area contributed by atoms with Crippen LogP contribution < -0.4 is 0 Å². The van der Waals surface area contributed by atoms with Crippen LogP contribution in [0.1, 0.15) is 64.2 Å². The highest BCUT2D eigenvalue weighted by Crippen LogP contribution is 2.29. The van der Waals surface area contributed by atoms with Crippen LogP contribution in [-0.4, -0.2) is 33.4 Å². The van der Waals surface area contributed by atoms with Gasteiger partial charge in [0.1, 0.15) is 0 Å². The lowest BCUT2D eigenvalue weighted by atomic mass is 9.89. The molecule has 85 valence electrons. The summed E-state index contributed by atoms with van der Waals surface area (Å²) in [5.74, 6) is 0. The van der Waals surface area contributed by atoms with Gasteiger partial charge in [0.2, 0.25) is 0 Å². The van der Waals surface area contributed by atoms with Gasteiger partial charge in [-0.1, -0.05) is 38.5 Å². The average Bonchev–Trinajstić information content (AvgIpc) is 2.33. The van der Waals surface area contributed by atoms with E-state index in [1.807, 2.05) is 0 Å². The summed E-state index contributed by atoms with van der Waals surface area (Å²) in [6.45, 7) is 0. The Balaban J connectivity index is 1.88. The molecular formula is C13H24NSi. The van der Waals surface area contributed by atoms with Crippen LogP contribution in [0.2, 0.25) is 0 Å². The molecule has 0 aromatic rings. The van der Waals surface area contributed by atoms with Crippen LogP contribution in [0.15, 0.2) is 0 Å². The van der Waals surface area contributed by atoms with E-state index < -0.39 is 0 Å². The van der Waals surface area contributed by atoms with Crippen molar-refractivity contribution in [3.8, 4) is 0 Å². The number of hydrogen-bond donors (Lipinski definition) is 0. The SMILES string of the molecule is [Si]CN(C1CCCCC1)C1CCCCC1. The summed E-state index contributed by atoms with van der Waals surface area (Å²) in [6.07, 6.45) is 15.6. The minimum Gasteiger partial charge on any atom is -0.301 e. The minimum absolute atomic E-state index is 0.888. The highest BCUT2D eigenvalue weighted by molar-refractivity contribution is 6.08. The van der Waals surface area contributed by atoms with Crippen molar-refractivity contribution in [1.82, 2.24) is 4.90 Å². The molecule has 0 N–H and O–H groups in total. The Labute approximate surface area is 98.0 Å². The van der Waals surface area contributed by atoms with Crippen LogP contribution in [0.3, 0.4) is 0 Å². The van der Waals surface area contributed by atoms with Gasteiger partial charge in [-0.05, 0) is 31.9 Å². The molecule has 15 heavy (non-hydrogen) atoms. The van der Waals surface area contributed by atoms with E-state index in [0.717, 1.165) is 18.3 Å². The van der Waals surface area contributed by atoms with Gasteiger partial charge in [-0.15, -0.1) is 0 Å². The Morgan fingerprint density at radius 3 is 1.47 bits per heavy atom. The lowest BCUT2D eigenvalue weighted by Crippen LogP contribution is -2.45. The molecule has 2 rings (SSSR count). The van der Waals surface area contributed by atoms with Gasteiger partial charge >= 0.3 is 0 Å². The van der Waals surface area contributed by atoms with Crippen molar-refractivity contribution in [2.24, 2.45) is 0 Å². The predicted molar refractivity (Wildman–Crippen MR) is 66.2 cm³/mol. The second-order valence-electron chi connectivity index (χ2n) is 5.26. The van der Waals surface area contributed by atoms with Crippen LogP contribution >= 0.6 is 0 Å². The van der Waals surface area contributed by atoms with Crippen LogP contribution in [0.25, 0.3) is 0 Å². The summed E-state index contributed by atoms with van der Waals surface area (Å²) in [7, 11) is 3.76. The van der Waals surface area contributed by atoms with Crippen molar-refractivity contribution >= 4 is 10.2 Å². The summed E-state index contributed by atoms with van der Waals surface area (Å²) in [5.41, 5.74) is 0. The molecule has 0 spiro atoms. The minimum atomic E-state index is 0.888. The number of rotatable bonds is 3. The second-order valence-corrected chi connectivity index (χ2v) is 5.57. The van der Waals surface area contributed by atoms with E-state index in [9.17, 15) is 0 Å². The lowest BCUT2D eigenvalue weighted by Gasteiger charge is -2.41. The molecular weight excluding hydrogens is 198 g/mol. The highest BCUT2D eigenvalue weighted by Gasteiger charge is 2.27. The van der Waals surface area contributed by atoms with E-state index in [1.165, 1.54) is 64.2 Å². The van der Waals surface area contributed by atoms with Crippen LogP contribution in [0, 0.1) is 0 Å². The molecule has 1 nitrogen and oxygen atoms in total. The molecule has 0 saturated heterocycles. The maximum absolute atomic E-state index is 3.76. The van der Waals surface area contributed by atoms with Gasteiger partial charge in [0.25, 0.3) is 0 Å². The molecule has 0 bridgehead atoms. The topological polar surface area (TPSA) is 3.24 Å². The van der Waals surface area contributed by atoms with Crippen molar-refractivity contribution in [3.63, 3.8) is 0 Å². The first kappa shape index (κ1) is 11.7.